The first-order valence-corrected chi connectivity index (χ1v) is 4.66. The molecule has 0 aromatic heterocycles. The minimum absolute atomic E-state index is 0.617. The smallest absolute Gasteiger partial charge is 0.102 e. The minimum atomic E-state index is 0.617. The highest BCUT2D eigenvalue weighted by Crippen LogP contribution is 2.19. The molecule has 1 atom stereocenters. The monoisotopic (exact) mass is 168 g/mol. The van der Waals surface area contributed by atoms with Crippen LogP contribution in [0.2, 0.25) is 0 Å². The Labute approximate surface area is 73.4 Å². The zero-order chi connectivity index (χ0) is 8.39. The highest BCUT2D eigenvalue weighted by atomic mass is 16.5. The van der Waals surface area contributed by atoms with Crippen LogP contribution in [0, 0.1) is 0 Å². The number of hydrogen-bond donors (Lipinski definition) is 1. The lowest BCUT2D eigenvalue weighted by molar-refractivity contribution is 0.220. The summed E-state index contributed by atoms with van der Waals surface area (Å²) in [5, 5.41) is 3.38. The first-order chi connectivity index (χ1) is 5.88. The fraction of sp³-hybridized carbons (Fsp3) is 0.778. The number of nitrogens with zero attached hydrogens (tertiary/aromatic N) is 1. The van der Waals surface area contributed by atoms with Crippen molar-refractivity contribution in [1.29, 1.82) is 0 Å². The second-order valence-corrected chi connectivity index (χ2v) is 3.48. The third kappa shape index (κ3) is 1.41. The molecule has 1 saturated heterocycles. The van der Waals surface area contributed by atoms with Gasteiger partial charge in [0.15, 0.2) is 0 Å². The molecule has 0 radical (unpaired) electrons. The number of piperazine rings is 1. The Balaban J connectivity index is 2.00. The van der Waals surface area contributed by atoms with Gasteiger partial charge in [0.25, 0.3) is 0 Å². The molecule has 2 aliphatic rings. The Morgan fingerprint density at radius 3 is 3.25 bits per heavy atom. The van der Waals surface area contributed by atoms with Crippen molar-refractivity contribution in [1.82, 2.24) is 10.2 Å². The van der Waals surface area contributed by atoms with E-state index >= 15 is 0 Å². The van der Waals surface area contributed by atoms with Crippen molar-refractivity contribution >= 4 is 0 Å². The molecule has 0 aromatic rings. The Bertz CT molecular complexity index is 191. The van der Waals surface area contributed by atoms with Gasteiger partial charge < -0.3 is 15.0 Å². The molecule has 0 aliphatic carbocycles. The molecule has 0 amide bonds. The van der Waals surface area contributed by atoms with E-state index in [0.717, 1.165) is 32.7 Å². The SMILES string of the molecule is CC1CNCCN1C1=COCC1. The molecule has 1 unspecified atom stereocenters. The van der Waals surface area contributed by atoms with Gasteiger partial charge in [0.2, 0.25) is 0 Å². The normalized spacial score (nSPS) is 29.9. The van der Waals surface area contributed by atoms with Gasteiger partial charge in [-0.15, -0.1) is 0 Å². The van der Waals surface area contributed by atoms with Crippen LogP contribution in [0.3, 0.4) is 0 Å². The molecule has 2 heterocycles. The Morgan fingerprint density at radius 2 is 2.58 bits per heavy atom. The van der Waals surface area contributed by atoms with Crippen molar-refractivity contribution < 1.29 is 4.74 Å². The van der Waals surface area contributed by atoms with Crippen LogP contribution < -0.4 is 5.32 Å². The van der Waals surface area contributed by atoms with Gasteiger partial charge in [0.05, 0.1) is 12.3 Å². The van der Waals surface area contributed by atoms with Crippen LogP contribution in [-0.2, 0) is 4.74 Å². The van der Waals surface area contributed by atoms with E-state index in [9.17, 15) is 0 Å². The molecule has 3 nitrogen and oxygen atoms in total. The first kappa shape index (κ1) is 7.92. The van der Waals surface area contributed by atoms with Gasteiger partial charge in [-0.2, -0.15) is 0 Å². The van der Waals surface area contributed by atoms with Gasteiger partial charge in [0.1, 0.15) is 6.26 Å². The molecule has 1 N–H and O–H groups in total. The van der Waals surface area contributed by atoms with Crippen LogP contribution in [0.15, 0.2) is 12.0 Å². The number of nitrogens with one attached hydrogen (secondary N) is 1. The maximum atomic E-state index is 5.23. The standard InChI is InChI=1S/C9H16N2O/c1-8-6-10-3-4-11(8)9-2-5-12-7-9/h7-8,10H,2-6H2,1H3. The summed E-state index contributed by atoms with van der Waals surface area (Å²) in [5.74, 6) is 0. The molecule has 0 spiro atoms. The van der Waals surface area contributed by atoms with E-state index in [4.69, 9.17) is 4.74 Å². The van der Waals surface area contributed by atoms with Crippen molar-refractivity contribution in [2.24, 2.45) is 0 Å². The van der Waals surface area contributed by atoms with E-state index in [1.807, 2.05) is 6.26 Å². The molecular weight excluding hydrogens is 152 g/mol. The predicted molar refractivity (Wildman–Crippen MR) is 47.7 cm³/mol. The zero-order valence-electron chi connectivity index (χ0n) is 7.55. The summed E-state index contributed by atoms with van der Waals surface area (Å²) in [6.45, 7) is 6.44. The lowest BCUT2D eigenvalue weighted by Crippen LogP contribution is -2.48. The van der Waals surface area contributed by atoms with E-state index in [1.165, 1.54) is 5.70 Å². The molecule has 12 heavy (non-hydrogen) atoms. The molecule has 68 valence electrons. The molecule has 2 rings (SSSR count). The topological polar surface area (TPSA) is 24.5 Å². The highest BCUT2D eigenvalue weighted by molar-refractivity contribution is 5.04. The summed E-state index contributed by atoms with van der Waals surface area (Å²) in [7, 11) is 0. The van der Waals surface area contributed by atoms with E-state index in [0.29, 0.717) is 6.04 Å². The van der Waals surface area contributed by atoms with Gasteiger partial charge >= 0.3 is 0 Å². The van der Waals surface area contributed by atoms with Crippen LogP contribution >= 0.6 is 0 Å². The van der Waals surface area contributed by atoms with Gasteiger partial charge in [0, 0.05) is 32.1 Å². The van der Waals surface area contributed by atoms with E-state index in [2.05, 4.69) is 17.1 Å². The summed E-state index contributed by atoms with van der Waals surface area (Å²) < 4.78 is 5.23. The highest BCUT2D eigenvalue weighted by Gasteiger charge is 2.21. The molecule has 1 fully saturated rings. The van der Waals surface area contributed by atoms with Crippen molar-refractivity contribution in [3.8, 4) is 0 Å². The van der Waals surface area contributed by atoms with Gasteiger partial charge in [-0.1, -0.05) is 0 Å². The molecule has 0 saturated carbocycles. The van der Waals surface area contributed by atoms with Crippen LogP contribution in [0.1, 0.15) is 13.3 Å². The number of hydrogen-bond acceptors (Lipinski definition) is 3. The minimum Gasteiger partial charge on any atom is -0.499 e. The lowest BCUT2D eigenvalue weighted by Gasteiger charge is -2.36. The zero-order valence-corrected chi connectivity index (χ0v) is 7.55. The van der Waals surface area contributed by atoms with Crippen LogP contribution in [-0.4, -0.2) is 37.2 Å². The van der Waals surface area contributed by atoms with Gasteiger partial charge in [-0.25, -0.2) is 0 Å². The van der Waals surface area contributed by atoms with Crippen molar-refractivity contribution in [3.05, 3.63) is 12.0 Å². The number of ether oxygens (including phenoxy) is 1. The molecule has 0 aromatic carbocycles. The fourth-order valence-corrected chi connectivity index (χ4v) is 1.86. The summed E-state index contributed by atoms with van der Waals surface area (Å²) in [4.78, 5) is 2.45. The molecule has 3 heteroatoms. The lowest BCUT2D eigenvalue weighted by atomic mass is 10.2. The summed E-state index contributed by atoms with van der Waals surface area (Å²) in [6.07, 6.45) is 3.01. The third-order valence-corrected chi connectivity index (χ3v) is 2.57. The first-order valence-electron chi connectivity index (χ1n) is 4.66. The van der Waals surface area contributed by atoms with Crippen LogP contribution in [0.4, 0.5) is 0 Å². The van der Waals surface area contributed by atoms with Crippen LogP contribution in [0.25, 0.3) is 0 Å². The molecular formula is C9H16N2O. The van der Waals surface area contributed by atoms with Crippen LogP contribution in [0.5, 0.6) is 0 Å². The molecule has 2 aliphatic heterocycles. The maximum Gasteiger partial charge on any atom is 0.102 e. The average molecular weight is 168 g/mol. The third-order valence-electron chi connectivity index (χ3n) is 2.57. The predicted octanol–water partition coefficient (Wildman–Crippen LogP) is 0.542. The molecule has 0 bridgehead atoms. The quantitative estimate of drug-likeness (QED) is 0.618. The van der Waals surface area contributed by atoms with Gasteiger partial charge in [-0.05, 0) is 6.92 Å². The Morgan fingerprint density at radius 1 is 1.67 bits per heavy atom. The summed E-state index contributed by atoms with van der Waals surface area (Å²) >= 11 is 0. The average Bonchev–Trinajstić information content (AvgIpc) is 2.57. The second kappa shape index (κ2) is 3.35. The number of rotatable bonds is 1. The van der Waals surface area contributed by atoms with Crippen molar-refractivity contribution in [2.75, 3.05) is 26.2 Å². The second-order valence-electron chi connectivity index (χ2n) is 3.48. The maximum absolute atomic E-state index is 5.23. The largest absolute Gasteiger partial charge is 0.499 e. The van der Waals surface area contributed by atoms with Gasteiger partial charge in [-0.3, -0.25) is 0 Å². The summed E-state index contributed by atoms with van der Waals surface area (Å²) in [6, 6.07) is 0.617. The Hall–Kier alpha value is -0.700. The van der Waals surface area contributed by atoms with Crippen molar-refractivity contribution in [2.45, 2.75) is 19.4 Å². The summed E-state index contributed by atoms with van der Waals surface area (Å²) in [5.41, 5.74) is 1.38. The Kier molecular flexibility index (Phi) is 2.21. The van der Waals surface area contributed by atoms with E-state index in [1.54, 1.807) is 0 Å². The van der Waals surface area contributed by atoms with E-state index in [-0.39, 0.29) is 0 Å². The van der Waals surface area contributed by atoms with E-state index < -0.39 is 0 Å². The van der Waals surface area contributed by atoms with Crippen molar-refractivity contribution in [3.63, 3.8) is 0 Å². The fourth-order valence-electron chi connectivity index (χ4n) is 1.86.